The molecule has 3 heterocycles. The molecule has 0 saturated carbocycles. The van der Waals surface area contributed by atoms with Gasteiger partial charge in [-0.25, -0.2) is 0 Å². The molecule has 194 valence electrons. The zero-order valence-corrected chi connectivity index (χ0v) is 24.0. The van der Waals surface area contributed by atoms with Crippen LogP contribution >= 0.6 is 0 Å². The fraction of sp³-hybridized carbons (Fsp3) is 0.714. The van der Waals surface area contributed by atoms with Gasteiger partial charge in [0.25, 0.3) is 0 Å². The van der Waals surface area contributed by atoms with Gasteiger partial charge < -0.3 is 14.7 Å². The number of fused-ring (bicyclic) bond motifs is 2. The highest BCUT2D eigenvalue weighted by Crippen LogP contribution is 2.43. The topological polar surface area (TPSA) is 69.2 Å². The molecule has 0 spiro atoms. The van der Waals surface area contributed by atoms with E-state index in [-0.39, 0.29) is 11.1 Å². The zero-order valence-electron chi connectivity index (χ0n) is 23.0. The molecule has 1 aromatic heterocycles. The van der Waals surface area contributed by atoms with Crippen LogP contribution in [-0.4, -0.2) is 46.6 Å². The van der Waals surface area contributed by atoms with Crippen LogP contribution in [0.5, 0.6) is 0 Å². The molecule has 3 atom stereocenters. The molecule has 0 aliphatic carbocycles. The fourth-order valence-electron chi connectivity index (χ4n) is 5.67. The van der Waals surface area contributed by atoms with Crippen molar-refractivity contribution in [3.8, 4) is 0 Å². The molecule has 2 aliphatic rings. The summed E-state index contributed by atoms with van der Waals surface area (Å²) in [6, 6.07) is 12.3. The molecule has 2 aliphatic heterocycles. The van der Waals surface area contributed by atoms with E-state index in [2.05, 4.69) is 97.7 Å². The summed E-state index contributed by atoms with van der Waals surface area (Å²) in [5, 5.41) is 9.50. The summed E-state index contributed by atoms with van der Waals surface area (Å²) < 4.78 is 9.06. The molecule has 2 fully saturated rings. The van der Waals surface area contributed by atoms with Crippen LogP contribution in [0.15, 0.2) is 30.3 Å². The molecule has 2 aromatic rings. The first kappa shape index (κ1) is 26.5. The Labute approximate surface area is 213 Å². The Morgan fingerprint density at radius 3 is 2.23 bits per heavy atom. The summed E-state index contributed by atoms with van der Waals surface area (Å²) in [6.45, 7) is 17.6. The number of benzene rings is 1. The number of nitrogens with two attached hydrogens (primary N) is 1. The fourth-order valence-corrected chi connectivity index (χ4v) is 6.59. The summed E-state index contributed by atoms with van der Waals surface area (Å²) in [5.41, 5.74) is 7.78. The first-order chi connectivity index (χ1) is 16.5. The van der Waals surface area contributed by atoms with Crippen molar-refractivity contribution in [3.05, 3.63) is 47.5 Å². The Bertz CT molecular complexity index is 953. The molecule has 6 nitrogen and oxygen atoms in total. The van der Waals surface area contributed by atoms with E-state index >= 15 is 0 Å². The molecule has 1 aromatic carbocycles. The maximum atomic E-state index is 6.59. The van der Waals surface area contributed by atoms with Crippen LogP contribution in [0.3, 0.4) is 0 Å². The summed E-state index contributed by atoms with van der Waals surface area (Å²) >= 11 is 0. The monoisotopic (exact) mass is 497 g/mol. The summed E-state index contributed by atoms with van der Waals surface area (Å²) in [6.07, 6.45) is 5.92. The van der Waals surface area contributed by atoms with Crippen LogP contribution in [0.4, 0.5) is 0 Å². The first-order valence-corrected chi connectivity index (χ1v) is 16.5. The summed E-state index contributed by atoms with van der Waals surface area (Å²) in [5.74, 6) is 2.48. The van der Waals surface area contributed by atoms with E-state index in [9.17, 15) is 0 Å². The third-order valence-electron chi connectivity index (χ3n) is 8.83. The van der Waals surface area contributed by atoms with Crippen molar-refractivity contribution in [2.45, 2.75) is 122 Å². The highest BCUT2D eigenvalue weighted by Gasteiger charge is 2.43. The number of hydrogen-bond donors (Lipinski definition) is 1. The molecule has 3 unspecified atom stereocenters. The molecule has 0 radical (unpaired) electrons. The van der Waals surface area contributed by atoms with Crippen molar-refractivity contribution < 1.29 is 4.43 Å². The lowest BCUT2D eigenvalue weighted by Crippen LogP contribution is -2.45. The van der Waals surface area contributed by atoms with Crippen molar-refractivity contribution >= 4 is 8.32 Å². The highest BCUT2D eigenvalue weighted by atomic mass is 28.4. The number of aromatic nitrogens is 3. The minimum atomic E-state index is -1.85. The van der Waals surface area contributed by atoms with Gasteiger partial charge in [0.2, 0.25) is 0 Å². The van der Waals surface area contributed by atoms with Crippen molar-refractivity contribution in [2.75, 3.05) is 6.54 Å². The van der Waals surface area contributed by atoms with Crippen LogP contribution in [0, 0.1) is 0 Å². The molecule has 2 N–H and O–H groups in total. The van der Waals surface area contributed by atoms with E-state index in [1.807, 2.05) is 0 Å². The van der Waals surface area contributed by atoms with Gasteiger partial charge in [-0.2, -0.15) is 0 Å². The first-order valence-electron chi connectivity index (χ1n) is 13.6. The Balaban J connectivity index is 1.45. The molecular weight excluding hydrogens is 450 g/mol. The van der Waals surface area contributed by atoms with E-state index in [1.165, 1.54) is 31.2 Å². The zero-order chi connectivity index (χ0) is 25.4. The van der Waals surface area contributed by atoms with Crippen molar-refractivity contribution in [2.24, 2.45) is 5.73 Å². The molecule has 7 heteroatoms. The van der Waals surface area contributed by atoms with E-state index in [4.69, 9.17) is 10.2 Å². The van der Waals surface area contributed by atoms with Gasteiger partial charge in [-0.05, 0) is 55.8 Å². The average Bonchev–Trinajstić information content (AvgIpc) is 3.33. The maximum absolute atomic E-state index is 6.59. The predicted octanol–water partition coefficient (Wildman–Crippen LogP) is 6.18. The van der Waals surface area contributed by atoms with Gasteiger partial charge in [-0.15, -0.1) is 10.2 Å². The van der Waals surface area contributed by atoms with Crippen LogP contribution in [0.1, 0.15) is 102 Å². The van der Waals surface area contributed by atoms with Crippen LogP contribution in [0.25, 0.3) is 0 Å². The Morgan fingerprint density at radius 2 is 1.66 bits per heavy atom. The van der Waals surface area contributed by atoms with E-state index in [1.54, 1.807) is 0 Å². The largest absolute Gasteiger partial charge is 0.409 e. The molecular formula is C28H47N5OSi. The van der Waals surface area contributed by atoms with Crippen molar-refractivity contribution in [3.63, 3.8) is 0 Å². The van der Waals surface area contributed by atoms with Crippen molar-refractivity contribution in [1.82, 2.24) is 19.7 Å². The van der Waals surface area contributed by atoms with E-state index < -0.39 is 8.32 Å². The van der Waals surface area contributed by atoms with Gasteiger partial charge >= 0.3 is 0 Å². The molecule has 0 amide bonds. The second-order valence-corrected chi connectivity index (χ2v) is 17.4. The van der Waals surface area contributed by atoms with E-state index in [0.29, 0.717) is 30.7 Å². The van der Waals surface area contributed by atoms with Gasteiger partial charge in [0.05, 0.1) is 6.61 Å². The molecule has 2 bridgehead atoms. The smallest absolute Gasteiger partial charge is 0.192 e. The van der Waals surface area contributed by atoms with Crippen LogP contribution in [-0.2, 0) is 11.0 Å². The normalized spacial score (nSPS) is 24.3. The third kappa shape index (κ3) is 5.73. The quantitative estimate of drug-likeness (QED) is 0.419. The Morgan fingerprint density at radius 1 is 1.03 bits per heavy atom. The Kier molecular flexibility index (Phi) is 7.91. The number of hydrogen-bond acceptors (Lipinski definition) is 5. The standard InChI is InChI=1S/C28H47N5OSi/c1-20(2)27-31-30-26(19-34-35(6,7)28(3,4)5)33(27)24-17-22-13-14-23(18-24)32(22)16-15-25(29)21-11-9-8-10-12-21/h8-12,20,22-25H,13-19,29H2,1-7H3. The Hall–Kier alpha value is -1.54. The van der Waals surface area contributed by atoms with Gasteiger partial charge in [0.1, 0.15) is 5.82 Å². The predicted molar refractivity (Wildman–Crippen MR) is 146 cm³/mol. The minimum absolute atomic E-state index is 0.109. The number of rotatable bonds is 9. The summed E-state index contributed by atoms with van der Waals surface area (Å²) in [4.78, 5) is 2.75. The van der Waals surface area contributed by atoms with Gasteiger partial charge in [0, 0.05) is 36.6 Å². The minimum Gasteiger partial charge on any atom is -0.409 e. The lowest BCUT2D eigenvalue weighted by atomic mass is 9.95. The van der Waals surface area contributed by atoms with Crippen LogP contribution in [0.2, 0.25) is 18.1 Å². The second-order valence-electron chi connectivity index (χ2n) is 12.6. The van der Waals surface area contributed by atoms with Crippen molar-refractivity contribution in [1.29, 1.82) is 0 Å². The number of piperidine rings is 1. The lowest BCUT2D eigenvalue weighted by molar-refractivity contribution is 0.0991. The molecule has 35 heavy (non-hydrogen) atoms. The SMILES string of the molecule is CC(C)c1nnc(CO[Si](C)(C)C(C)(C)C)n1C1CC2CCC(C1)N2CCC(N)c1ccccc1. The third-order valence-corrected chi connectivity index (χ3v) is 13.3. The van der Waals surface area contributed by atoms with Crippen LogP contribution < -0.4 is 5.73 Å². The average molecular weight is 498 g/mol. The second kappa shape index (κ2) is 10.4. The van der Waals surface area contributed by atoms with E-state index in [0.717, 1.165) is 24.6 Å². The highest BCUT2D eigenvalue weighted by molar-refractivity contribution is 6.74. The van der Waals surface area contributed by atoms with Gasteiger partial charge in [0.15, 0.2) is 14.1 Å². The maximum Gasteiger partial charge on any atom is 0.192 e. The lowest BCUT2D eigenvalue weighted by Gasteiger charge is -2.41. The molecule has 4 rings (SSSR count). The summed E-state index contributed by atoms with van der Waals surface area (Å²) in [7, 11) is -1.85. The van der Waals surface area contributed by atoms with Gasteiger partial charge in [-0.1, -0.05) is 65.0 Å². The molecule has 2 saturated heterocycles. The van der Waals surface area contributed by atoms with Gasteiger partial charge in [-0.3, -0.25) is 4.90 Å². The number of nitrogens with zero attached hydrogens (tertiary/aromatic N) is 4.